The maximum Gasteiger partial charge on any atom is 0.193 e. The molecular weight excluding hydrogens is 357 g/mol. The number of carbonyl (C=O) groups excluding carboxylic acids is 1. The van der Waals surface area contributed by atoms with Crippen LogP contribution in [0.25, 0.3) is 0 Å². The van der Waals surface area contributed by atoms with Gasteiger partial charge in [-0.2, -0.15) is 0 Å². The Balaban J connectivity index is 0.00000225. The van der Waals surface area contributed by atoms with Gasteiger partial charge in [0.15, 0.2) is 5.78 Å². The lowest BCUT2D eigenvalue weighted by molar-refractivity contribution is 0.00404. The topological polar surface area (TPSA) is 52.3 Å². The van der Waals surface area contributed by atoms with E-state index in [2.05, 4.69) is 0 Å². The Morgan fingerprint density at radius 1 is 1.00 bits per heavy atom. The van der Waals surface area contributed by atoms with E-state index >= 15 is 0 Å². The molecular formula is C20H23Cl2NO2. The van der Waals surface area contributed by atoms with Gasteiger partial charge in [0.25, 0.3) is 0 Å². The smallest absolute Gasteiger partial charge is 0.193 e. The van der Waals surface area contributed by atoms with Gasteiger partial charge in [0.2, 0.25) is 0 Å². The number of rotatable bonds is 5. The van der Waals surface area contributed by atoms with E-state index in [1.807, 2.05) is 24.3 Å². The molecule has 3 rings (SSSR count). The molecule has 1 fully saturated rings. The van der Waals surface area contributed by atoms with Crippen LogP contribution < -0.4 is 5.73 Å². The fourth-order valence-electron chi connectivity index (χ4n) is 3.06. The van der Waals surface area contributed by atoms with Crippen LogP contribution >= 0.6 is 24.0 Å². The Kier molecular flexibility index (Phi) is 7.45. The van der Waals surface area contributed by atoms with Crippen LogP contribution in [0.2, 0.25) is 5.02 Å². The van der Waals surface area contributed by atoms with Crippen molar-refractivity contribution in [3.8, 4) is 0 Å². The van der Waals surface area contributed by atoms with Crippen LogP contribution in [0.1, 0.15) is 47.2 Å². The van der Waals surface area contributed by atoms with Gasteiger partial charge in [-0.3, -0.25) is 4.79 Å². The lowest BCUT2D eigenvalue weighted by Crippen LogP contribution is -2.39. The Bertz CT molecular complexity index is 686. The molecule has 0 spiro atoms. The van der Waals surface area contributed by atoms with Crippen molar-refractivity contribution < 1.29 is 9.53 Å². The molecule has 0 bridgehead atoms. The van der Waals surface area contributed by atoms with Crippen LogP contribution in [-0.4, -0.2) is 17.9 Å². The molecule has 134 valence electrons. The molecule has 0 aliphatic heterocycles. The highest BCUT2D eigenvalue weighted by Crippen LogP contribution is 2.21. The average molecular weight is 380 g/mol. The van der Waals surface area contributed by atoms with E-state index in [0.29, 0.717) is 22.8 Å². The van der Waals surface area contributed by atoms with Crippen LogP contribution in [0.3, 0.4) is 0 Å². The molecule has 0 amide bonds. The van der Waals surface area contributed by atoms with Gasteiger partial charge < -0.3 is 10.5 Å². The van der Waals surface area contributed by atoms with Gasteiger partial charge in [-0.25, -0.2) is 0 Å². The molecule has 1 aliphatic carbocycles. The van der Waals surface area contributed by atoms with Crippen molar-refractivity contribution in [2.45, 2.75) is 44.4 Å². The summed E-state index contributed by atoms with van der Waals surface area (Å²) in [6, 6.07) is 14.7. The highest BCUT2D eigenvalue weighted by atomic mass is 35.5. The van der Waals surface area contributed by atoms with Crippen molar-refractivity contribution in [2.75, 3.05) is 0 Å². The second kappa shape index (κ2) is 9.35. The Morgan fingerprint density at radius 2 is 1.56 bits per heavy atom. The van der Waals surface area contributed by atoms with E-state index in [0.717, 1.165) is 18.4 Å². The second-order valence-corrected chi connectivity index (χ2v) is 6.77. The molecule has 1 aliphatic rings. The summed E-state index contributed by atoms with van der Waals surface area (Å²) in [6.07, 6.45) is 4.61. The standard InChI is InChI=1S/C20H22ClNO2.ClH/c21-17-11-9-16(10-12-17)20(23)15-7-5-14(6-8-15)13-24-19-4-2-1-3-18(19)22;/h5-12,18-19H,1-4,13,22H2;1H. The molecule has 3 nitrogen and oxygen atoms in total. The average Bonchev–Trinajstić information content (AvgIpc) is 2.62. The van der Waals surface area contributed by atoms with Crippen molar-refractivity contribution in [2.24, 2.45) is 5.73 Å². The molecule has 2 N–H and O–H groups in total. The van der Waals surface area contributed by atoms with E-state index in [1.54, 1.807) is 24.3 Å². The normalized spacial score (nSPS) is 19.9. The molecule has 25 heavy (non-hydrogen) atoms. The molecule has 2 unspecified atom stereocenters. The van der Waals surface area contributed by atoms with Crippen LogP contribution in [0, 0.1) is 0 Å². The largest absolute Gasteiger partial charge is 0.372 e. The SMILES string of the molecule is Cl.NC1CCCCC1OCc1ccc(C(=O)c2ccc(Cl)cc2)cc1. The first kappa shape index (κ1) is 19.9. The first-order valence-corrected chi connectivity index (χ1v) is 8.77. The summed E-state index contributed by atoms with van der Waals surface area (Å²) >= 11 is 5.86. The molecule has 2 aromatic rings. The summed E-state index contributed by atoms with van der Waals surface area (Å²) in [6.45, 7) is 0.535. The quantitative estimate of drug-likeness (QED) is 0.760. The van der Waals surface area contributed by atoms with Crippen LogP contribution in [0.15, 0.2) is 48.5 Å². The Morgan fingerprint density at radius 3 is 2.16 bits per heavy atom. The van der Waals surface area contributed by atoms with Gasteiger partial charge in [0.1, 0.15) is 0 Å². The van der Waals surface area contributed by atoms with Gasteiger partial charge in [0.05, 0.1) is 12.7 Å². The summed E-state index contributed by atoms with van der Waals surface area (Å²) in [5, 5.41) is 0.625. The molecule has 0 heterocycles. The van der Waals surface area contributed by atoms with Crippen molar-refractivity contribution in [1.29, 1.82) is 0 Å². The number of nitrogens with two attached hydrogens (primary N) is 1. The monoisotopic (exact) mass is 379 g/mol. The molecule has 0 aromatic heterocycles. The van der Waals surface area contributed by atoms with Crippen molar-refractivity contribution >= 4 is 29.8 Å². The molecule has 2 atom stereocenters. The second-order valence-electron chi connectivity index (χ2n) is 6.33. The molecule has 2 aromatic carbocycles. The van der Waals surface area contributed by atoms with Gasteiger partial charge in [-0.05, 0) is 42.7 Å². The van der Waals surface area contributed by atoms with Crippen molar-refractivity contribution in [3.05, 3.63) is 70.2 Å². The first-order valence-electron chi connectivity index (χ1n) is 8.40. The fourth-order valence-corrected chi connectivity index (χ4v) is 3.18. The predicted molar refractivity (Wildman–Crippen MR) is 104 cm³/mol. The molecule has 1 saturated carbocycles. The minimum Gasteiger partial charge on any atom is -0.372 e. The summed E-state index contributed by atoms with van der Waals surface area (Å²) in [5.41, 5.74) is 8.46. The van der Waals surface area contributed by atoms with E-state index in [1.165, 1.54) is 12.8 Å². The van der Waals surface area contributed by atoms with Gasteiger partial charge in [0, 0.05) is 22.2 Å². The zero-order valence-electron chi connectivity index (χ0n) is 14.0. The number of hydrogen-bond acceptors (Lipinski definition) is 3. The van der Waals surface area contributed by atoms with E-state index in [4.69, 9.17) is 22.1 Å². The number of ether oxygens (including phenoxy) is 1. The zero-order valence-corrected chi connectivity index (χ0v) is 15.6. The van der Waals surface area contributed by atoms with E-state index in [9.17, 15) is 4.79 Å². The molecule has 0 radical (unpaired) electrons. The Labute approximate surface area is 159 Å². The third-order valence-corrected chi connectivity index (χ3v) is 4.79. The number of hydrogen-bond donors (Lipinski definition) is 1. The van der Waals surface area contributed by atoms with E-state index in [-0.39, 0.29) is 30.3 Å². The van der Waals surface area contributed by atoms with E-state index < -0.39 is 0 Å². The highest BCUT2D eigenvalue weighted by Gasteiger charge is 2.22. The van der Waals surface area contributed by atoms with Crippen LogP contribution in [-0.2, 0) is 11.3 Å². The third-order valence-electron chi connectivity index (χ3n) is 4.54. The van der Waals surface area contributed by atoms with Crippen LogP contribution in [0.4, 0.5) is 0 Å². The molecule has 0 saturated heterocycles. The molecule has 5 heteroatoms. The lowest BCUT2D eigenvalue weighted by atomic mass is 9.93. The lowest BCUT2D eigenvalue weighted by Gasteiger charge is -2.28. The maximum atomic E-state index is 12.4. The minimum atomic E-state index is -0.00608. The zero-order chi connectivity index (χ0) is 16.9. The number of ketones is 1. The third kappa shape index (κ3) is 5.29. The van der Waals surface area contributed by atoms with Gasteiger partial charge >= 0.3 is 0 Å². The summed E-state index contributed by atoms with van der Waals surface area (Å²) in [7, 11) is 0. The minimum absolute atomic E-state index is 0. The van der Waals surface area contributed by atoms with Crippen molar-refractivity contribution in [3.63, 3.8) is 0 Å². The number of halogens is 2. The maximum absolute atomic E-state index is 12.4. The van der Waals surface area contributed by atoms with Crippen LogP contribution in [0.5, 0.6) is 0 Å². The summed E-state index contributed by atoms with van der Waals surface area (Å²) in [4.78, 5) is 12.4. The predicted octanol–water partition coefficient (Wildman–Crippen LogP) is 4.78. The Hall–Kier alpha value is -1.39. The summed E-state index contributed by atoms with van der Waals surface area (Å²) in [5.74, 6) is -0.00608. The first-order chi connectivity index (χ1) is 11.6. The number of benzene rings is 2. The highest BCUT2D eigenvalue weighted by molar-refractivity contribution is 6.30. The van der Waals surface area contributed by atoms with Gasteiger partial charge in [-0.15, -0.1) is 12.4 Å². The fraction of sp³-hybridized carbons (Fsp3) is 0.350. The van der Waals surface area contributed by atoms with Crippen molar-refractivity contribution in [1.82, 2.24) is 0 Å². The summed E-state index contributed by atoms with van der Waals surface area (Å²) < 4.78 is 5.95. The van der Waals surface area contributed by atoms with Gasteiger partial charge in [-0.1, -0.05) is 48.7 Å². The number of carbonyl (C=O) groups is 1.